The van der Waals surface area contributed by atoms with Crippen LogP contribution < -0.4 is 20.5 Å². The van der Waals surface area contributed by atoms with Crippen LogP contribution in [0, 0.1) is 0 Å². The fourth-order valence-corrected chi connectivity index (χ4v) is 5.10. The Morgan fingerprint density at radius 1 is 1.07 bits per heavy atom. The molecule has 3 aromatic rings. The lowest BCUT2D eigenvalue weighted by molar-refractivity contribution is -0.122. The number of nitrogens with zero attached hydrogens (tertiary/aromatic N) is 4. The van der Waals surface area contributed by atoms with Crippen LogP contribution in [0.25, 0.3) is 22.3 Å². The number of rotatable bonds is 8. The first-order valence-corrected chi connectivity index (χ1v) is 13.8. The fraction of sp³-hybridized carbons (Fsp3) is 0.500. The summed E-state index contributed by atoms with van der Waals surface area (Å²) in [5, 5.41) is 3.17. The van der Waals surface area contributed by atoms with Crippen molar-refractivity contribution in [2.45, 2.75) is 65.6 Å². The van der Waals surface area contributed by atoms with E-state index in [0.29, 0.717) is 16.9 Å². The SMILES string of the molecule is COc1cc(-c2nc3ccc(N4CCCN(C(C)C)CC4)cc3c(=O)n2CC(=O)NC(C)C)cc(C(C)(F)F)c1. The average molecular weight is 556 g/mol. The Balaban J connectivity index is 1.85. The van der Waals surface area contributed by atoms with Gasteiger partial charge in [0.25, 0.3) is 11.5 Å². The third-order valence-electron chi connectivity index (χ3n) is 7.22. The van der Waals surface area contributed by atoms with E-state index in [0.717, 1.165) is 45.2 Å². The predicted molar refractivity (Wildman–Crippen MR) is 154 cm³/mol. The maximum atomic E-state index is 14.4. The number of ether oxygens (including phenoxy) is 1. The van der Waals surface area contributed by atoms with E-state index in [1.165, 1.54) is 23.8 Å². The van der Waals surface area contributed by atoms with Crippen LogP contribution in [0.1, 0.15) is 46.6 Å². The molecule has 8 nitrogen and oxygen atoms in total. The highest BCUT2D eigenvalue weighted by Gasteiger charge is 2.27. The number of nitrogens with one attached hydrogen (secondary N) is 1. The number of carbonyl (C=O) groups is 1. The molecule has 40 heavy (non-hydrogen) atoms. The van der Waals surface area contributed by atoms with Gasteiger partial charge in [-0.15, -0.1) is 0 Å². The number of hydrogen-bond donors (Lipinski definition) is 1. The van der Waals surface area contributed by atoms with Gasteiger partial charge in [-0.1, -0.05) is 0 Å². The number of halogens is 2. The molecule has 1 aromatic heterocycles. The minimum absolute atomic E-state index is 0.121. The molecule has 0 unspecified atom stereocenters. The number of anilines is 1. The summed E-state index contributed by atoms with van der Waals surface area (Å²) in [7, 11) is 1.39. The molecular weight excluding hydrogens is 516 g/mol. The summed E-state index contributed by atoms with van der Waals surface area (Å²) >= 11 is 0. The number of methoxy groups -OCH3 is 1. The highest BCUT2D eigenvalue weighted by Crippen LogP contribution is 2.34. The molecule has 4 rings (SSSR count). The second-order valence-corrected chi connectivity index (χ2v) is 11.1. The summed E-state index contributed by atoms with van der Waals surface area (Å²) in [4.78, 5) is 36.2. The highest BCUT2D eigenvalue weighted by atomic mass is 19.3. The van der Waals surface area contributed by atoms with Gasteiger partial charge in [-0.05, 0) is 70.5 Å². The number of alkyl halides is 2. The first-order chi connectivity index (χ1) is 18.9. The summed E-state index contributed by atoms with van der Waals surface area (Å²) in [6.07, 6.45) is 1.01. The smallest absolute Gasteiger partial charge is 0.270 e. The molecule has 0 saturated carbocycles. The number of aromatic nitrogens is 2. The lowest BCUT2D eigenvalue weighted by Crippen LogP contribution is -2.37. The van der Waals surface area contributed by atoms with Crippen molar-refractivity contribution in [1.29, 1.82) is 0 Å². The Morgan fingerprint density at radius 2 is 1.82 bits per heavy atom. The highest BCUT2D eigenvalue weighted by molar-refractivity contribution is 5.85. The number of benzene rings is 2. The second-order valence-electron chi connectivity index (χ2n) is 11.1. The van der Waals surface area contributed by atoms with Crippen molar-refractivity contribution in [3.05, 3.63) is 52.3 Å². The Bertz CT molecular complexity index is 1430. The van der Waals surface area contributed by atoms with Gasteiger partial charge in [0.2, 0.25) is 5.91 Å². The minimum Gasteiger partial charge on any atom is -0.497 e. The first-order valence-electron chi connectivity index (χ1n) is 13.8. The van der Waals surface area contributed by atoms with Gasteiger partial charge in [-0.2, -0.15) is 0 Å². The van der Waals surface area contributed by atoms with E-state index in [2.05, 4.69) is 29.0 Å². The van der Waals surface area contributed by atoms with Gasteiger partial charge in [0, 0.05) is 62.0 Å². The van der Waals surface area contributed by atoms with Gasteiger partial charge < -0.3 is 15.0 Å². The number of amides is 1. The molecule has 2 heterocycles. The van der Waals surface area contributed by atoms with Gasteiger partial charge in [0.05, 0.1) is 18.0 Å². The van der Waals surface area contributed by atoms with Crippen LogP contribution in [0.15, 0.2) is 41.2 Å². The molecule has 1 fully saturated rings. The molecule has 1 saturated heterocycles. The third-order valence-corrected chi connectivity index (χ3v) is 7.22. The topological polar surface area (TPSA) is 79.7 Å². The van der Waals surface area contributed by atoms with Crippen LogP contribution in [0.5, 0.6) is 5.75 Å². The predicted octanol–water partition coefficient (Wildman–Crippen LogP) is 4.63. The molecule has 0 bridgehead atoms. The first kappa shape index (κ1) is 29.5. The van der Waals surface area contributed by atoms with Gasteiger partial charge in [-0.25, -0.2) is 13.8 Å². The normalized spacial score (nSPS) is 15.1. The maximum absolute atomic E-state index is 14.4. The van der Waals surface area contributed by atoms with E-state index in [4.69, 9.17) is 9.72 Å². The Labute approximate surface area is 233 Å². The van der Waals surface area contributed by atoms with Crippen molar-refractivity contribution in [3.63, 3.8) is 0 Å². The Morgan fingerprint density at radius 3 is 2.48 bits per heavy atom. The second kappa shape index (κ2) is 11.9. The van der Waals surface area contributed by atoms with Crippen molar-refractivity contribution in [1.82, 2.24) is 19.8 Å². The van der Waals surface area contributed by atoms with Crippen molar-refractivity contribution in [2.24, 2.45) is 0 Å². The van der Waals surface area contributed by atoms with Crippen molar-refractivity contribution < 1.29 is 18.3 Å². The van der Waals surface area contributed by atoms with E-state index < -0.39 is 11.5 Å². The molecule has 0 spiro atoms. The Kier molecular flexibility index (Phi) is 8.77. The van der Waals surface area contributed by atoms with E-state index in [1.807, 2.05) is 26.0 Å². The zero-order chi connectivity index (χ0) is 29.2. The summed E-state index contributed by atoms with van der Waals surface area (Å²) in [6.45, 7) is 12.2. The average Bonchev–Trinajstić information content (AvgIpc) is 3.15. The largest absolute Gasteiger partial charge is 0.497 e. The molecule has 0 aliphatic carbocycles. The van der Waals surface area contributed by atoms with Crippen LogP contribution in [-0.2, 0) is 17.3 Å². The van der Waals surface area contributed by atoms with E-state index >= 15 is 0 Å². The zero-order valence-electron chi connectivity index (χ0n) is 24.1. The molecule has 216 valence electrons. The summed E-state index contributed by atoms with van der Waals surface area (Å²) in [5.41, 5.74) is 0.915. The molecule has 1 N–H and O–H groups in total. The standard InChI is InChI=1S/C30H39F2N5O3/c1-19(2)33-27(38)18-37-28(21-14-22(30(5,31)32)16-24(15-21)40-6)34-26-9-8-23(17-25(26)29(37)39)36-11-7-10-35(12-13-36)20(3)4/h8-9,14-17,19-20H,7,10-13,18H2,1-6H3,(H,33,38). The molecule has 1 aliphatic rings. The Hall–Kier alpha value is -3.53. The minimum atomic E-state index is -3.15. The van der Waals surface area contributed by atoms with Crippen molar-refractivity contribution in [2.75, 3.05) is 38.2 Å². The number of carbonyl (C=O) groups excluding carboxylic acids is 1. The molecular formula is C30H39F2N5O3. The quantitative estimate of drug-likeness (QED) is 0.437. The molecule has 2 aromatic carbocycles. The van der Waals surface area contributed by atoms with Gasteiger partial charge in [0.1, 0.15) is 18.1 Å². The lowest BCUT2D eigenvalue weighted by atomic mass is 10.0. The summed E-state index contributed by atoms with van der Waals surface area (Å²) in [5.74, 6) is -3.20. The van der Waals surface area contributed by atoms with Gasteiger partial charge in [-0.3, -0.25) is 19.1 Å². The van der Waals surface area contributed by atoms with Crippen molar-refractivity contribution in [3.8, 4) is 17.1 Å². The van der Waals surface area contributed by atoms with Gasteiger partial charge >= 0.3 is 0 Å². The fourth-order valence-electron chi connectivity index (χ4n) is 5.10. The number of hydrogen-bond acceptors (Lipinski definition) is 6. The van der Waals surface area contributed by atoms with Crippen LogP contribution in [0.2, 0.25) is 0 Å². The number of fused-ring (bicyclic) bond motifs is 1. The lowest BCUT2D eigenvalue weighted by Gasteiger charge is -2.26. The van der Waals surface area contributed by atoms with E-state index in [1.54, 1.807) is 12.1 Å². The van der Waals surface area contributed by atoms with Crippen LogP contribution in [-0.4, -0.2) is 65.7 Å². The van der Waals surface area contributed by atoms with Crippen LogP contribution in [0.4, 0.5) is 14.5 Å². The van der Waals surface area contributed by atoms with Crippen LogP contribution >= 0.6 is 0 Å². The molecule has 1 aliphatic heterocycles. The van der Waals surface area contributed by atoms with Crippen molar-refractivity contribution >= 4 is 22.5 Å². The van der Waals surface area contributed by atoms with Gasteiger partial charge in [0.15, 0.2) is 0 Å². The molecule has 10 heteroatoms. The van der Waals surface area contributed by atoms with E-state index in [9.17, 15) is 18.4 Å². The summed E-state index contributed by atoms with van der Waals surface area (Å²) in [6, 6.07) is 9.98. The molecule has 0 radical (unpaired) electrons. The monoisotopic (exact) mass is 555 g/mol. The van der Waals surface area contributed by atoms with E-state index in [-0.39, 0.29) is 41.2 Å². The third kappa shape index (κ3) is 6.60. The molecule has 1 amide bonds. The molecule has 0 atom stereocenters. The summed E-state index contributed by atoms with van der Waals surface area (Å²) < 4.78 is 35.3. The zero-order valence-corrected chi connectivity index (χ0v) is 24.1. The van der Waals surface area contributed by atoms with Crippen LogP contribution in [0.3, 0.4) is 0 Å². The maximum Gasteiger partial charge on any atom is 0.270 e.